The van der Waals surface area contributed by atoms with Crippen LogP contribution >= 0.6 is 0 Å². The Morgan fingerprint density at radius 1 is 1.42 bits per heavy atom. The quantitative estimate of drug-likeness (QED) is 0.309. The summed E-state index contributed by atoms with van der Waals surface area (Å²) in [6.07, 6.45) is 6.57. The predicted molar refractivity (Wildman–Crippen MR) is 76.0 cm³/mol. The lowest BCUT2D eigenvalue weighted by Crippen LogP contribution is -2.50. The van der Waals surface area contributed by atoms with E-state index in [2.05, 4.69) is 17.4 Å². The molecule has 0 aromatic rings. The van der Waals surface area contributed by atoms with E-state index < -0.39 is 5.41 Å². The lowest BCUT2D eigenvalue weighted by Gasteiger charge is -2.35. The summed E-state index contributed by atoms with van der Waals surface area (Å²) in [6.45, 7) is 6.46. The van der Waals surface area contributed by atoms with Crippen LogP contribution in [0, 0.1) is 10.8 Å². The Labute approximate surface area is 115 Å². The number of oxime groups is 1. The Kier molecular flexibility index (Phi) is 5.20. The lowest BCUT2D eigenvalue weighted by atomic mass is 9.75. The van der Waals surface area contributed by atoms with E-state index in [9.17, 15) is 4.79 Å². The summed E-state index contributed by atoms with van der Waals surface area (Å²) in [5.41, 5.74) is 4.90. The average molecular weight is 269 g/mol. The molecule has 1 aliphatic carbocycles. The molecule has 0 spiro atoms. The first kappa shape index (κ1) is 15.8. The predicted octanol–water partition coefficient (Wildman–Crippen LogP) is 2.24. The number of carbonyl (C=O) groups excluding carboxylic acids is 1. The van der Waals surface area contributed by atoms with E-state index >= 15 is 0 Å². The van der Waals surface area contributed by atoms with Gasteiger partial charge >= 0.3 is 0 Å². The second-order valence-corrected chi connectivity index (χ2v) is 6.22. The Hall–Kier alpha value is -1.26. The molecule has 0 aliphatic heterocycles. The molecule has 0 aromatic heterocycles. The molecule has 5 nitrogen and oxygen atoms in total. The highest BCUT2D eigenvalue weighted by molar-refractivity contribution is 6.06. The van der Waals surface area contributed by atoms with Gasteiger partial charge in [-0.3, -0.25) is 4.79 Å². The summed E-state index contributed by atoms with van der Waals surface area (Å²) in [7, 11) is 0. The van der Waals surface area contributed by atoms with Crippen LogP contribution in [0.15, 0.2) is 5.16 Å². The topological polar surface area (TPSA) is 87.7 Å². The first-order chi connectivity index (χ1) is 8.88. The maximum absolute atomic E-state index is 12.3. The second kappa shape index (κ2) is 6.26. The van der Waals surface area contributed by atoms with Crippen LogP contribution < -0.4 is 11.1 Å². The van der Waals surface area contributed by atoms with Crippen molar-refractivity contribution in [1.29, 1.82) is 0 Å². The van der Waals surface area contributed by atoms with Gasteiger partial charge in [0.15, 0.2) is 5.84 Å². The minimum absolute atomic E-state index is 0.0266. The van der Waals surface area contributed by atoms with E-state index in [1.54, 1.807) is 6.92 Å². The standard InChI is InChI=1S/C14H27N3O2/c1-4-14(3,11(15)17-19)12(18)16-10-13(2)8-6-5-7-9-13/h19H,4-10H2,1-3H3,(H2,15,17)(H,16,18). The first-order valence-corrected chi connectivity index (χ1v) is 7.14. The summed E-state index contributed by atoms with van der Waals surface area (Å²) >= 11 is 0. The molecule has 0 bridgehead atoms. The summed E-state index contributed by atoms with van der Waals surface area (Å²) in [5, 5.41) is 14.8. The maximum Gasteiger partial charge on any atom is 0.233 e. The number of nitrogens with zero attached hydrogens (tertiary/aromatic N) is 1. The van der Waals surface area contributed by atoms with E-state index in [-0.39, 0.29) is 17.2 Å². The number of nitrogens with two attached hydrogens (primary N) is 1. The number of amidine groups is 1. The van der Waals surface area contributed by atoms with Crippen molar-refractivity contribution in [3.05, 3.63) is 0 Å². The molecule has 1 fully saturated rings. The molecule has 19 heavy (non-hydrogen) atoms. The van der Waals surface area contributed by atoms with Gasteiger partial charge in [0.05, 0.1) is 0 Å². The number of carbonyl (C=O) groups is 1. The summed E-state index contributed by atoms with van der Waals surface area (Å²) in [4.78, 5) is 12.3. The summed E-state index contributed by atoms with van der Waals surface area (Å²) in [5.74, 6) is -0.182. The van der Waals surface area contributed by atoms with Gasteiger partial charge in [-0.1, -0.05) is 38.3 Å². The molecular formula is C14H27N3O2. The molecule has 1 rings (SSSR count). The van der Waals surface area contributed by atoms with Gasteiger partial charge in [0.2, 0.25) is 5.91 Å². The van der Waals surface area contributed by atoms with Gasteiger partial charge in [-0.2, -0.15) is 0 Å². The molecule has 0 saturated heterocycles. The molecular weight excluding hydrogens is 242 g/mol. The second-order valence-electron chi connectivity index (χ2n) is 6.22. The van der Waals surface area contributed by atoms with Crippen molar-refractivity contribution in [2.75, 3.05) is 6.54 Å². The third-order valence-electron chi connectivity index (χ3n) is 4.62. The van der Waals surface area contributed by atoms with Crippen molar-refractivity contribution in [2.24, 2.45) is 21.7 Å². The van der Waals surface area contributed by atoms with E-state index in [0.29, 0.717) is 13.0 Å². The smallest absolute Gasteiger partial charge is 0.233 e. The zero-order chi connectivity index (χ0) is 14.5. The van der Waals surface area contributed by atoms with Crippen molar-refractivity contribution in [3.63, 3.8) is 0 Å². The van der Waals surface area contributed by atoms with Crippen LogP contribution in [-0.4, -0.2) is 23.5 Å². The Morgan fingerprint density at radius 2 is 2.00 bits per heavy atom. The van der Waals surface area contributed by atoms with Crippen molar-refractivity contribution in [2.45, 2.75) is 59.3 Å². The van der Waals surface area contributed by atoms with E-state index in [4.69, 9.17) is 10.9 Å². The fourth-order valence-electron chi connectivity index (χ4n) is 2.64. The third kappa shape index (κ3) is 3.61. The molecule has 1 atom stereocenters. The number of hydrogen-bond donors (Lipinski definition) is 3. The minimum Gasteiger partial charge on any atom is -0.409 e. The monoisotopic (exact) mass is 269 g/mol. The van der Waals surface area contributed by atoms with E-state index in [1.807, 2.05) is 6.92 Å². The number of amides is 1. The normalized spacial score (nSPS) is 22.6. The van der Waals surface area contributed by atoms with Gasteiger partial charge in [0.1, 0.15) is 5.41 Å². The van der Waals surface area contributed by atoms with Crippen molar-refractivity contribution >= 4 is 11.7 Å². The highest BCUT2D eigenvalue weighted by Gasteiger charge is 2.37. The van der Waals surface area contributed by atoms with Crippen LogP contribution in [0.1, 0.15) is 59.3 Å². The lowest BCUT2D eigenvalue weighted by molar-refractivity contribution is -0.127. The summed E-state index contributed by atoms with van der Waals surface area (Å²) in [6, 6.07) is 0. The van der Waals surface area contributed by atoms with Gasteiger partial charge in [-0.05, 0) is 31.6 Å². The molecule has 1 amide bonds. The van der Waals surface area contributed by atoms with Crippen LogP contribution in [0.3, 0.4) is 0 Å². The molecule has 0 heterocycles. The fraction of sp³-hybridized carbons (Fsp3) is 0.857. The van der Waals surface area contributed by atoms with Crippen molar-refractivity contribution < 1.29 is 10.0 Å². The molecule has 1 aliphatic rings. The van der Waals surface area contributed by atoms with E-state index in [0.717, 1.165) is 12.8 Å². The molecule has 0 radical (unpaired) electrons. The average Bonchev–Trinajstić information content (AvgIpc) is 2.43. The van der Waals surface area contributed by atoms with Gasteiger partial charge in [0.25, 0.3) is 0 Å². The van der Waals surface area contributed by atoms with Gasteiger partial charge < -0.3 is 16.3 Å². The largest absolute Gasteiger partial charge is 0.409 e. The Balaban J connectivity index is 2.63. The zero-order valence-electron chi connectivity index (χ0n) is 12.3. The Morgan fingerprint density at radius 3 is 2.47 bits per heavy atom. The van der Waals surface area contributed by atoms with Crippen LogP contribution in [0.4, 0.5) is 0 Å². The van der Waals surface area contributed by atoms with Crippen LogP contribution in [0.25, 0.3) is 0 Å². The third-order valence-corrected chi connectivity index (χ3v) is 4.62. The van der Waals surface area contributed by atoms with Crippen LogP contribution in [-0.2, 0) is 4.79 Å². The number of hydrogen-bond acceptors (Lipinski definition) is 3. The fourth-order valence-corrected chi connectivity index (χ4v) is 2.64. The van der Waals surface area contributed by atoms with Crippen molar-refractivity contribution in [1.82, 2.24) is 5.32 Å². The molecule has 110 valence electrons. The first-order valence-electron chi connectivity index (χ1n) is 7.14. The Bertz CT molecular complexity index is 349. The summed E-state index contributed by atoms with van der Waals surface area (Å²) < 4.78 is 0. The maximum atomic E-state index is 12.3. The minimum atomic E-state index is -0.931. The molecule has 0 aromatic carbocycles. The van der Waals surface area contributed by atoms with Gasteiger partial charge in [-0.25, -0.2) is 0 Å². The number of nitrogens with one attached hydrogen (secondary N) is 1. The molecule has 5 heteroatoms. The SMILES string of the molecule is CCC(C)(C(=O)NCC1(C)CCCCC1)C(N)=NO. The highest BCUT2D eigenvalue weighted by Crippen LogP contribution is 2.35. The zero-order valence-corrected chi connectivity index (χ0v) is 12.3. The molecule has 4 N–H and O–H groups in total. The van der Waals surface area contributed by atoms with Crippen LogP contribution in [0.2, 0.25) is 0 Å². The number of rotatable bonds is 5. The van der Waals surface area contributed by atoms with Gasteiger partial charge in [0, 0.05) is 6.54 Å². The molecule has 1 saturated carbocycles. The molecule has 1 unspecified atom stereocenters. The van der Waals surface area contributed by atoms with Gasteiger partial charge in [-0.15, -0.1) is 0 Å². The van der Waals surface area contributed by atoms with E-state index in [1.165, 1.54) is 19.3 Å². The van der Waals surface area contributed by atoms with Crippen molar-refractivity contribution in [3.8, 4) is 0 Å². The van der Waals surface area contributed by atoms with Crippen LogP contribution in [0.5, 0.6) is 0 Å². The highest BCUT2D eigenvalue weighted by atomic mass is 16.4.